The van der Waals surface area contributed by atoms with Crippen LogP contribution in [0.25, 0.3) is 6.08 Å². The van der Waals surface area contributed by atoms with Gasteiger partial charge in [-0.25, -0.2) is 8.42 Å². The van der Waals surface area contributed by atoms with Crippen molar-refractivity contribution in [2.45, 2.75) is 84.0 Å². The van der Waals surface area contributed by atoms with Crippen molar-refractivity contribution in [1.29, 1.82) is 0 Å². The van der Waals surface area contributed by atoms with E-state index in [0.717, 1.165) is 0 Å². The Labute approximate surface area is 181 Å². The van der Waals surface area contributed by atoms with Crippen LogP contribution in [-0.2, 0) is 10.1 Å². The normalized spacial score (nSPS) is 11.6. The molecule has 0 aliphatic heterocycles. The Balaban J connectivity index is 0.000000571. The highest BCUT2D eigenvalue weighted by atomic mass is 32.2. The van der Waals surface area contributed by atoms with Crippen LogP contribution in [0.1, 0.15) is 84.6 Å². The zero-order chi connectivity index (χ0) is 22.2. The van der Waals surface area contributed by atoms with Gasteiger partial charge >= 0.3 is 0 Å². The Morgan fingerprint density at radius 2 is 1.21 bits per heavy atom. The van der Waals surface area contributed by atoms with E-state index in [1.54, 1.807) is 30.7 Å². The summed E-state index contributed by atoms with van der Waals surface area (Å²) in [5.74, 6) is 0. The van der Waals surface area contributed by atoms with Crippen LogP contribution in [0.2, 0.25) is 0 Å². The number of unbranched alkanes of at least 4 members (excludes halogenated alkanes) is 4. The molecular weight excluding hydrogens is 399 g/mol. The summed E-state index contributed by atoms with van der Waals surface area (Å²) in [6, 6.07) is 5.93. The first-order valence-corrected chi connectivity index (χ1v) is 15.3. The van der Waals surface area contributed by atoms with Gasteiger partial charge in [0.05, 0.1) is 29.5 Å². The lowest BCUT2D eigenvalue weighted by molar-refractivity contribution is 0.463. The average molecular weight is 443 g/mol. The number of hydrogen-bond acceptors (Lipinski definition) is 3. The van der Waals surface area contributed by atoms with Crippen LogP contribution in [0.4, 0.5) is 0 Å². The van der Waals surface area contributed by atoms with Crippen LogP contribution in [0.3, 0.4) is 0 Å². The van der Waals surface area contributed by atoms with E-state index in [4.69, 9.17) is 0 Å². The molecule has 0 radical (unpaired) electrons. The predicted octanol–water partition coefficient (Wildman–Crippen LogP) is 7.44. The summed E-state index contributed by atoms with van der Waals surface area (Å²) in [6.07, 6.45) is 19.3. The van der Waals surface area contributed by atoms with Gasteiger partial charge in [0.2, 0.25) is 0 Å². The maximum Gasteiger partial charge on any atom is 0.125 e. The van der Waals surface area contributed by atoms with E-state index in [2.05, 4.69) is 34.3 Å². The summed E-state index contributed by atoms with van der Waals surface area (Å²) in [6.45, 7) is 12.8. The first kappa shape index (κ1) is 28.3. The van der Waals surface area contributed by atoms with E-state index in [1.807, 2.05) is 0 Å². The fourth-order valence-corrected chi connectivity index (χ4v) is 9.50. The lowest BCUT2D eigenvalue weighted by Gasteiger charge is -2.28. The van der Waals surface area contributed by atoms with Crippen molar-refractivity contribution in [1.82, 2.24) is 0 Å². The molecule has 0 aliphatic rings. The summed E-state index contributed by atoms with van der Waals surface area (Å²) >= 11 is 0. The molecule has 0 saturated carbocycles. The summed E-state index contributed by atoms with van der Waals surface area (Å²) in [4.78, 5) is -0.222. The monoisotopic (exact) mass is 442 g/mol. The molecule has 0 unspecified atom stereocenters. The van der Waals surface area contributed by atoms with Gasteiger partial charge in [0.15, 0.2) is 0 Å². The molecule has 29 heavy (non-hydrogen) atoms. The molecule has 0 spiro atoms. The Morgan fingerprint density at radius 3 is 1.48 bits per heavy atom. The lowest BCUT2D eigenvalue weighted by Crippen LogP contribution is -2.12. The van der Waals surface area contributed by atoms with Crippen molar-refractivity contribution in [3.05, 3.63) is 36.4 Å². The summed E-state index contributed by atoms with van der Waals surface area (Å²) in [5, 5.41) is 0. The minimum absolute atomic E-state index is 0.222. The van der Waals surface area contributed by atoms with Gasteiger partial charge in [0.25, 0.3) is 0 Å². The number of hydrogen-bond donors (Lipinski definition) is 0. The molecule has 0 saturated heterocycles. The zero-order valence-electron chi connectivity index (χ0n) is 19.2. The Bertz CT molecular complexity index is 618. The van der Waals surface area contributed by atoms with Crippen LogP contribution < -0.4 is 0 Å². The molecule has 0 aromatic heterocycles. The van der Waals surface area contributed by atoms with Crippen LogP contribution >= 0.6 is 7.26 Å². The highest BCUT2D eigenvalue weighted by Gasteiger charge is 2.34. The SMILES string of the molecule is C=Cc1ccccc1S(=O)(=O)[O-].CCCC[P+](CCCC)(CCCC)CCCC. The molecule has 0 heterocycles. The van der Waals surface area contributed by atoms with Gasteiger partial charge in [-0.05, 0) is 37.3 Å². The fourth-order valence-electron chi connectivity index (χ4n) is 3.52. The van der Waals surface area contributed by atoms with Crippen LogP contribution in [0.5, 0.6) is 0 Å². The lowest BCUT2D eigenvalue weighted by atomic mass is 10.2. The van der Waals surface area contributed by atoms with E-state index in [1.165, 1.54) is 75.6 Å². The Hall–Kier alpha value is -0.700. The third-order valence-electron chi connectivity index (χ3n) is 5.35. The van der Waals surface area contributed by atoms with E-state index < -0.39 is 17.4 Å². The molecule has 0 N–H and O–H groups in total. The zero-order valence-corrected chi connectivity index (χ0v) is 20.9. The van der Waals surface area contributed by atoms with Gasteiger partial charge in [0, 0.05) is 7.26 Å². The summed E-state index contributed by atoms with van der Waals surface area (Å²) in [7, 11) is -4.93. The van der Waals surface area contributed by atoms with E-state index in [0.29, 0.717) is 5.56 Å². The van der Waals surface area contributed by atoms with Crippen molar-refractivity contribution >= 4 is 23.5 Å². The molecule has 168 valence electrons. The van der Waals surface area contributed by atoms with Gasteiger partial charge in [0.1, 0.15) is 10.1 Å². The number of benzene rings is 1. The molecule has 1 rings (SSSR count). The standard InChI is InChI=1S/C16H36P.C8H8O3S/c1-5-9-13-17(14-10-6-2,15-11-7-3)16-12-8-4;1-2-7-5-3-4-6-8(7)12(9,10)11/h5-16H2,1-4H3;2-6H,1H2,(H,9,10,11)/q+1;/p-1. The maximum atomic E-state index is 10.6. The van der Waals surface area contributed by atoms with Gasteiger partial charge in [-0.15, -0.1) is 0 Å². The van der Waals surface area contributed by atoms with Crippen molar-refractivity contribution in [3.63, 3.8) is 0 Å². The highest BCUT2D eigenvalue weighted by molar-refractivity contribution is 7.85. The molecule has 1 aromatic carbocycles. The third kappa shape index (κ3) is 11.9. The minimum atomic E-state index is -4.37. The second-order valence-electron chi connectivity index (χ2n) is 7.85. The van der Waals surface area contributed by atoms with Crippen molar-refractivity contribution < 1.29 is 13.0 Å². The fraction of sp³-hybridized carbons (Fsp3) is 0.667. The van der Waals surface area contributed by atoms with Crippen LogP contribution in [0.15, 0.2) is 35.7 Å². The van der Waals surface area contributed by atoms with Gasteiger partial charge < -0.3 is 4.55 Å². The molecule has 0 bridgehead atoms. The molecule has 0 atom stereocenters. The van der Waals surface area contributed by atoms with Crippen LogP contribution in [0, 0.1) is 0 Å². The topological polar surface area (TPSA) is 57.2 Å². The number of rotatable bonds is 14. The Morgan fingerprint density at radius 1 is 0.828 bits per heavy atom. The van der Waals surface area contributed by atoms with Crippen molar-refractivity contribution in [2.75, 3.05) is 24.6 Å². The molecule has 1 aromatic rings. The molecule has 0 aliphatic carbocycles. The first-order valence-electron chi connectivity index (χ1n) is 11.3. The van der Waals surface area contributed by atoms with E-state index >= 15 is 0 Å². The first-order chi connectivity index (χ1) is 13.8. The molecule has 5 heteroatoms. The van der Waals surface area contributed by atoms with Crippen LogP contribution in [-0.4, -0.2) is 37.6 Å². The average Bonchev–Trinajstić information content (AvgIpc) is 2.72. The Kier molecular flexibility index (Phi) is 15.7. The van der Waals surface area contributed by atoms with Gasteiger partial charge in [-0.3, -0.25) is 0 Å². The van der Waals surface area contributed by atoms with Crippen molar-refractivity contribution in [2.24, 2.45) is 0 Å². The second-order valence-corrected chi connectivity index (χ2v) is 13.7. The van der Waals surface area contributed by atoms with E-state index in [-0.39, 0.29) is 4.90 Å². The van der Waals surface area contributed by atoms with E-state index in [9.17, 15) is 13.0 Å². The quantitative estimate of drug-likeness (QED) is 0.222. The van der Waals surface area contributed by atoms with Gasteiger partial charge in [-0.2, -0.15) is 0 Å². The van der Waals surface area contributed by atoms with Gasteiger partial charge in [-0.1, -0.05) is 84.2 Å². The molecule has 0 fully saturated rings. The molecular formula is C24H43O3PS. The second kappa shape index (κ2) is 16.1. The molecule has 3 nitrogen and oxygen atoms in total. The smallest absolute Gasteiger partial charge is 0.125 e. The largest absolute Gasteiger partial charge is 0.744 e. The minimum Gasteiger partial charge on any atom is -0.744 e. The third-order valence-corrected chi connectivity index (χ3v) is 11.3. The maximum absolute atomic E-state index is 10.6. The predicted molar refractivity (Wildman–Crippen MR) is 131 cm³/mol. The summed E-state index contributed by atoms with van der Waals surface area (Å²) in [5.41, 5.74) is 0.340. The highest BCUT2D eigenvalue weighted by Crippen LogP contribution is 2.61. The molecule has 0 amide bonds. The summed E-state index contributed by atoms with van der Waals surface area (Å²) < 4.78 is 31.8. The van der Waals surface area contributed by atoms with Crippen molar-refractivity contribution in [3.8, 4) is 0 Å².